The lowest BCUT2D eigenvalue weighted by atomic mass is 9.86. The van der Waals surface area contributed by atoms with Crippen molar-refractivity contribution in [2.24, 2.45) is 0 Å². The molecule has 0 unspecified atom stereocenters. The lowest BCUT2D eigenvalue weighted by Crippen LogP contribution is -2.42. The fourth-order valence-electron chi connectivity index (χ4n) is 3.20. The average Bonchev–Trinajstić information content (AvgIpc) is 3.29. The van der Waals surface area contributed by atoms with Crippen molar-refractivity contribution in [3.05, 3.63) is 65.2 Å². The third kappa shape index (κ3) is 3.38. The van der Waals surface area contributed by atoms with E-state index >= 15 is 0 Å². The normalized spacial score (nSPS) is 23.7. The number of nitriles is 1. The van der Waals surface area contributed by atoms with Gasteiger partial charge in [-0.15, -0.1) is 4.72 Å². The second kappa shape index (κ2) is 6.38. The first-order chi connectivity index (χ1) is 11.8. The Morgan fingerprint density at radius 2 is 1.84 bits per heavy atom. The van der Waals surface area contributed by atoms with E-state index in [1.54, 1.807) is 6.07 Å². The van der Waals surface area contributed by atoms with Crippen LogP contribution in [0.15, 0.2) is 48.5 Å². The fraction of sp³-hybridized carbons (Fsp3) is 0.350. The van der Waals surface area contributed by atoms with Crippen LogP contribution >= 0.6 is 0 Å². The Morgan fingerprint density at radius 1 is 1.20 bits per heavy atom. The molecule has 2 aromatic rings. The molecule has 0 bridgehead atoms. The van der Waals surface area contributed by atoms with Crippen molar-refractivity contribution in [2.45, 2.75) is 43.4 Å². The van der Waals surface area contributed by atoms with Crippen molar-refractivity contribution in [3.63, 3.8) is 0 Å². The Kier molecular flexibility index (Phi) is 4.54. The summed E-state index contributed by atoms with van der Waals surface area (Å²) in [6.07, 6.45) is 0.827. The largest absolute Gasteiger partial charge is 0.598 e. The van der Waals surface area contributed by atoms with Gasteiger partial charge in [0, 0.05) is 22.5 Å². The van der Waals surface area contributed by atoms with Crippen LogP contribution in [-0.2, 0) is 16.8 Å². The van der Waals surface area contributed by atoms with E-state index in [-0.39, 0.29) is 16.2 Å². The molecule has 0 amide bonds. The Labute approximate surface area is 152 Å². The summed E-state index contributed by atoms with van der Waals surface area (Å²) in [6, 6.07) is 17.7. The first-order valence-electron chi connectivity index (χ1n) is 8.32. The molecule has 3 N–H and O–H groups in total. The summed E-state index contributed by atoms with van der Waals surface area (Å²) < 4.78 is 15.5. The topological polar surface area (TPSA) is 84.9 Å². The Balaban J connectivity index is 2.01. The summed E-state index contributed by atoms with van der Waals surface area (Å²) in [4.78, 5) is 0. The summed E-state index contributed by atoms with van der Waals surface area (Å²) >= 11 is -1.16. The predicted molar refractivity (Wildman–Crippen MR) is 102 cm³/mol. The Morgan fingerprint density at radius 3 is 2.44 bits per heavy atom. The third-order valence-electron chi connectivity index (χ3n) is 4.67. The number of hydrogen-bond donors (Lipinski definition) is 2. The van der Waals surface area contributed by atoms with E-state index in [1.165, 1.54) is 0 Å². The number of anilines is 1. The molecule has 1 aliphatic rings. The molecule has 0 heterocycles. The van der Waals surface area contributed by atoms with Crippen LogP contribution in [0.1, 0.15) is 43.9 Å². The van der Waals surface area contributed by atoms with Crippen molar-refractivity contribution in [1.82, 2.24) is 4.72 Å². The Bertz CT molecular complexity index is 824. The van der Waals surface area contributed by atoms with Gasteiger partial charge in [-0.3, -0.25) is 0 Å². The lowest BCUT2D eigenvalue weighted by molar-refractivity contribution is 0.539. The van der Waals surface area contributed by atoms with Crippen LogP contribution in [0, 0.1) is 11.3 Å². The van der Waals surface area contributed by atoms with E-state index < -0.39 is 11.4 Å². The summed E-state index contributed by atoms with van der Waals surface area (Å²) in [5, 5.41) is 9.25. The van der Waals surface area contributed by atoms with Gasteiger partial charge in [-0.25, -0.2) is 0 Å². The highest BCUT2D eigenvalue weighted by atomic mass is 32.2. The van der Waals surface area contributed by atoms with Crippen LogP contribution in [0.4, 0.5) is 5.69 Å². The van der Waals surface area contributed by atoms with Crippen LogP contribution in [0.2, 0.25) is 0 Å². The number of nitrogen functional groups attached to an aromatic ring is 1. The number of rotatable bonds is 4. The highest BCUT2D eigenvalue weighted by Gasteiger charge is 2.59. The monoisotopic (exact) mass is 353 g/mol. The van der Waals surface area contributed by atoms with E-state index in [0.717, 1.165) is 17.5 Å². The van der Waals surface area contributed by atoms with Crippen molar-refractivity contribution >= 4 is 17.0 Å². The van der Waals surface area contributed by atoms with Gasteiger partial charge in [0.2, 0.25) is 0 Å². The molecular weight excluding hydrogens is 330 g/mol. The van der Waals surface area contributed by atoms with Gasteiger partial charge in [0.15, 0.2) is 0 Å². The van der Waals surface area contributed by atoms with Crippen LogP contribution in [0.25, 0.3) is 0 Å². The number of nitrogens with two attached hydrogens (primary N) is 1. The molecule has 0 radical (unpaired) electrons. The second-order valence-electron chi connectivity index (χ2n) is 7.55. The summed E-state index contributed by atoms with van der Waals surface area (Å²) in [7, 11) is 0. The van der Waals surface area contributed by atoms with Gasteiger partial charge in [-0.2, -0.15) is 5.26 Å². The van der Waals surface area contributed by atoms with Crippen molar-refractivity contribution in [3.8, 4) is 6.07 Å². The maximum Gasteiger partial charge on any atom is 0.136 e. The van der Waals surface area contributed by atoms with E-state index in [9.17, 15) is 9.81 Å². The van der Waals surface area contributed by atoms with Gasteiger partial charge in [-0.1, -0.05) is 24.3 Å². The van der Waals surface area contributed by atoms with Crippen molar-refractivity contribution in [1.29, 1.82) is 5.26 Å². The highest BCUT2D eigenvalue weighted by molar-refractivity contribution is 7.90. The van der Waals surface area contributed by atoms with Crippen LogP contribution in [-0.4, -0.2) is 15.3 Å². The zero-order valence-corrected chi connectivity index (χ0v) is 15.6. The third-order valence-corrected chi connectivity index (χ3v) is 6.29. The summed E-state index contributed by atoms with van der Waals surface area (Å²) in [5.74, 6) is 0. The predicted octanol–water partition coefficient (Wildman–Crippen LogP) is 3.25. The van der Waals surface area contributed by atoms with E-state index in [1.807, 2.05) is 57.2 Å². The first kappa shape index (κ1) is 17.8. The van der Waals surface area contributed by atoms with Gasteiger partial charge < -0.3 is 10.3 Å². The molecule has 130 valence electrons. The molecular formula is C20H23N3OS. The standard InChI is InChI=1S/C20H23N3OS/c1-19(2,3)25(24)23-18-12-20(18,16-8-5-9-17(22)11-16)15-7-4-6-14(10-15)13-21/h4-11,18,23H,12,22H2,1-3H3/t18-,20-,25-/m1/s1. The molecule has 25 heavy (non-hydrogen) atoms. The molecule has 0 spiro atoms. The smallest absolute Gasteiger partial charge is 0.136 e. The molecule has 0 aromatic heterocycles. The molecule has 4 nitrogen and oxygen atoms in total. The van der Waals surface area contributed by atoms with Crippen molar-refractivity contribution in [2.75, 3.05) is 5.73 Å². The Hall–Kier alpha value is -2.00. The molecule has 3 atom stereocenters. The average molecular weight is 353 g/mol. The summed E-state index contributed by atoms with van der Waals surface area (Å²) in [5.41, 5.74) is 9.18. The second-order valence-corrected chi connectivity index (χ2v) is 9.54. The molecule has 2 aromatic carbocycles. The molecule has 1 saturated carbocycles. The van der Waals surface area contributed by atoms with E-state index in [2.05, 4.69) is 16.9 Å². The molecule has 1 fully saturated rings. The minimum atomic E-state index is -1.16. The molecule has 0 aliphatic heterocycles. The number of hydrogen-bond acceptors (Lipinski definition) is 4. The van der Waals surface area contributed by atoms with Crippen LogP contribution in [0.5, 0.6) is 0 Å². The summed E-state index contributed by atoms with van der Waals surface area (Å²) in [6.45, 7) is 5.87. The number of nitrogens with one attached hydrogen (secondary N) is 1. The minimum absolute atomic E-state index is 0.0447. The van der Waals surface area contributed by atoms with Gasteiger partial charge in [0.25, 0.3) is 0 Å². The van der Waals surface area contributed by atoms with Crippen molar-refractivity contribution < 1.29 is 4.55 Å². The maximum absolute atomic E-state index is 12.6. The fourth-order valence-corrected chi connectivity index (χ4v) is 4.09. The first-order valence-corrected chi connectivity index (χ1v) is 9.47. The zero-order valence-electron chi connectivity index (χ0n) is 14.7. The lowest BCUT2D eigenvalue weighted by Gasteiger charge is -2.26. The maximum atomic E-state index is 12.6. The van der Waals surface area contributed by atoms with Crippen LogP contribution in [0.3, 0.4) is 0 Å². The molecule has 5 heteroatoms. The minimum Gasteiger partial charge on any atom is -0.598 e. The van der Waals surface area contributed by atoms with Crippen LogP contribution < -0.4 is 10.5 Å². The number of benzene rings is 2. The SMILES string of the molecule is CC(C)(C)[S@@+]([O-])N[C@@H]1C[C@]1(c1cccc(N)c1)c1cccc(C#N)c1. The van der Waals surface area contributed by atoms with Gasteiger partial charge in [-0.05, 0) is 62.6 Å². The van der Waals surface area contributed by atoms with Gasteiger partial charge in [0.1, 0.15) is 4.75 Å². The quantitative estimate of drug-likeness (QED) is 0.653. The molecule has 1 aliphatic carbocycles. The molecule has 0 saturated heterocycles. The van der Waals surface area contributed by atoms with Gasteiger partial charge >= 0.3 is 0 Å². The highest BCUT2D eigenvalue weighted by Crippen LogP contribution is 2.54. The van der Waals surface area contributed by atoms with E-state index in [4.69, 9.17) is 5.73 Å². The number of nitrogens with zero attached hydrogens (tertiary/aromatic N) is 1. The zero-order chi connectivity index (χ0) is 18.2. The van der Waals surface area contributed by atoms with Gasteiger partial charge in [0.05, 0.1) is 17.7 Å². The van der Waals surface area contributed by atoms with E-state index in [0.29, 0.717) is 11.3 Å². The molecule has 3 rings (SSSR count).